The predicted molar refractivity (Wildman–Crippen MR) is 316 cm³/mol. The maximum atomic E-state index is 12.5. The minimum Gasteiger partial charge on any atom is -0.394 e. The van der Waals surface area contributed by atoms with Crippen LogP contribution in [-0.4, -0.2) is 299 Å². The fourth-order valence-corrected chi connectivity index (χ4v) is 17.5. The molecule has 0 spiro atoms. The normalized spacial score (nSPS) is 52.4. The molecule has 3 saturated carbocycles. The third-order valence-electron chi connectivity index (χ3n) is 22.4. The first-order valence-corrected chi connectivity index (χ1v) is 34.4. The zero-order chi connectivity index (χ0) is 68.7. The minimum absolute atomic E-state index is 0.0466. The number of aliphatic hydroxyl groups excluding tert-OH is 14. The van der Waals surface area contributed by atoms with E-state index in [0.29, 0.717) is 25.7 Å². The van der Waals surface area contributed by atoms with Gasteiger partial charge in [0.2, 0.25) is 0 Å². The van der Waals surface area contributed by atoms with Gasteiger partial charge in [0.25, 0.3) is 0 Å². The molecule has 9 fully saturated rings. The second kappa shape index (κ2) is 29.3. The molecule has 0 aromatic heterocycles. The summed E-state index contributed by atoms with van der Waals surface area (Å²) in [4.78, 5) is 0. The van der Waals surface area contributed by atoms with Crippen LogP contribution in [0, 0.1) is 34.5 Å². The SMILES string of the molecule is CC(C)=CCC[C@](C)(O)C1CC[C@H]2C3C[C@H](O[C@@H]4O[C@H](C)[C@@H](O)[C@H](O[C@@H]5OC[C@@H](O[C@@H]6O[C@H](C)[C@H](O)[C@H](O)[C@H]6O[C@@H]6O[C@H](C)[C@H](O[C@@H]7O[C@H](CO)[C@H](O)[C@H](O)[C@H]7O)[C@H](O)[C@H]6O)[C@H](O)[C@H]5O[C@@H]5O[C@H](C)[C@@H](O)[C@H](O)[C@H]5O)[C@H]4O)[C@H]4C[C@@H](OS(=O)(=O)O)CC[C@]4(C)C3=CC[C@]12C. The quantitative estimate of drug-likeness (QED) is 0.0450. The molecule has 0 amide bonds. The highest BCUT2D eigenvalue weighted by Gasteiger charge is 2.64. The van der Waals surface area contributed by atoms with Gasteiger partial charge in [0, 0.05) is 0 Å². The highest BCUT2D eigenvalue weighted by atomic mass is 32.3. The number of aliphatic hydroxyl groups is 15. The van der Waals surface area contributed by atoms with Gasteiger partial charge in [-0.1, -0.05) is 37.1 Å². The van der Waals surface area contributed by atoms with E-state index in [1.807, 2.05) is 20.8 Å². The maximum Gasteiger partial charge on any atom is 0.397 e. The van der Waals surface area contributed by atoms with Crippen molar-refractivity contribution in [1.82, 2.24) is 0 Å². The largest absolute Gasteiger partial charge is 0.397 e. The van der Waals surface area contributed by atoms with Gasteiger partial charge in [0.05, 0.1) is 55.4 Å². The summed E-state index contributed by atoms with van der Waals surface area (Å²) in [6.07, 6.45) is -42.0. The molecule has 6 aliphatic heterocycles. The molecule has 10 aliphatic rings. The van der Waals surface area contributed by atoms with E-state index < -0.39 is 231 Å². The van der Waals surface area contributed by atoms with Crippen LogP contribution >= 0.6 is 0 Å². The van der Waals surface area contributed by atoms with Gasteiger partial charge in [-0.3, -0.25) is 4.55 Å². The summed E-state index contributed by atoms with van der Waals surface area (Å²) >= 11 is 0. The molecule has 2 unspecified atom stereocenters. The monoisotopic (exact) mass is 1370 g/mol. The van der Waals surface area contributed by atoms with Gasteiger partial charge in [-0.25, -0.2) is 4.18 Å². The topological polar surface area (TPSA) is 478 Å². The molecular weight excluding hydrogens is 1270 g/mol. The van der Waals surface area contributed by atoms with E-state index in [-0.39, 0.29) is 36.0 Å². The number of rotatable bonds is 19. The van der Waals surface area contributed by atoms with Crippen molar-refractivity contribution in [2.24, 2.45) is 34.5 Å². The standard InChI is InChI=1S/C62H102O31S/c1-23(2)11-10-16-62(9,77)36-13-12-30-29-20-33(32-19-28(93-94(78,79)80)14-17-60(32,7)31(29)15-18-61(30,36)8)86-57-49(76)51(39(66)26(5)83-57)90-58-52(91-54-46(73)42(69)37(64)24(3)82-54)41(68)35(22-81-58)88-59-53(44(71)38(65)25(4)84-59)92-55-48(75)45(72)50(27(6)85-55)89-56-47(74)43(70)40(67)34(21-63)87-56/h11,15,24-30,32-59,63-77H,10,12-14,16-22H2,1-9H3,(H,78,79,80)/t24-,25-,26-,27-,28+,29?,30+,32-,33+,34-,35-,36?,37-,38+,39-,40+,41+,42+,43+,44+,45-,46-,47-,48-,49-,50+,51+,52-,53-,54+,55+,56+,57+,58+,59+,60-,61+,62+/m1/s1. The average molecular weight is 1380 g/mol. The van der Waals surface area contributed by atoms with Gasteiger partial charge in [0.15, 0.2) is 37.7 Å². The van der Waals surface area contributed by atoms with Crippen molar-refractivity contribution in [1.29, 1.82) is 0 Å². The Hall–Kier alpha value is -1.73. The highest BCUT2D eigenvalue weighted by Crippen LogP contribution is 2.67. The molecule has 0 aromatic rings. The lowest BCUT2D eigenvalue weighted by Crippen LogP contribution is -2.67. The molecular formula is C62H102O31S. The Kier molecular flexibility index (Phi) is 23.4. The van der Waals surface area contributed by atoms with Crippen LogP contribution in [0.4, 0.5) is 0 Å². The van der Waals surface area contributed by atoms with Crippen LogP contribution in [0.2, 0.25) is 0 Å². The molecule has 0 bridgehead atoms. The van der Waals surface area contributed by atoms with E-state index >= 15 is 0 Å². The summed E-state index contributed by atoms with van der Waals surface area (Å²) in [6.45, 7) is 14.5. The number of allylic oxidation sites excluding steroid dienone is 4. The molecule has 6 saturated heterocycles. The molecule has 4 aliphatic carbocycles. The lowest BCUT2D eigenvalue weighted by Gasteiger charge is -2.60. The van der Waals surface area contributed by atoms with Crippen molar-refractivity contribution in [3.8, 4) is 0 Å². The van der Waals surface area contributed by atoms with Gasteiger partial charge < -0.3 is 133 Å². The first-order chi connectivity index (χ1) is 44.0. The van der Waals surface area contributed by atoms with E-state index in [0.717, 1.165) is 24.8 Å². The van der Waals surface area contributed by atoms with E-state index in [4.69, 9.17) is 61.0 Å². The molecule has 10 rings (SSSR count). The van der Waals surface area contributed by atoms with Crippen LogP contribution in [0.25, 0.3) is 0 Å². The van der Waals surface area contributed by atoms with Crippen LogP contribution in [-0.2, 0) is 71.4 Å². The fourth-order valence-electron chi connectivity index (χ4n) is 17.0. The summed E-state index contributed by atoms with van der Waals surface area (Å²) in [6, 6.07) is 0. The Balaban J connectivity index is 0.885. The first kappa shape index (κ1) is 74.9. The number of fused-ring (bicyclic) bond motifs is 5. The van der Waals surface area contributed by atoms with Gasteiger partial charge >= 0.3 is 10.4 Å². The molecule has 6 heterocycles. The molecule has 0 radical (unpaired) electrons. The smallest absolute Gasteiger partial charge is 0.394 e. The summed E-state index contributed by atoms with van der Waals surface area (Å²) in [5.74, 6) is -0.530. The van der Waals surface area contributed by atoms with Crippen LogP contribution in [0.5, 0.6) is 0 Å². The Morgan fingerprint density at radius 2 is 1.10 bits per heavy atom. The molecule has 31 nitrogen and oxygen atoms in total. The Labute approximate surface area is 546 Å². The lowest BCUT2D eigenvalue weighted by molar-refractivity contribution is -0.400. The van der Waals surface area contributed by atoms with Crippen molar-refractivity contribution >= 4 is 10.4 Å². The zero-order valence-corrected chi connectivity index (χ0v) is 55.1. The van der Waals surface area contributed by atoms with Crippen molar-refractivity contribution in [3.63, 3.8) is 0 Å². The summed E-state index contributed by atoms with van der Waals surface area (Å²) in [5.41, 5.74) is 0.438. The molecule has 94 heavy (non-hydrogen) atoms. The van der Waals surface area contributed by atoms with E-state index in [1.54, 1.807) is 0 Å². The van der Waals surface area contributed by atoms with Gasteiger partial charge in [0.1, 0.15) is 116 Å². The summed E-state index contributed by atoms with van der Waals surface area (Å²) in [7, 11) is -4.88. The van der Waals surface area contributed by atoms with Crippen LogP contribution in [0.1, 0.15) is 120 Å². The molecule has 38 atom stereocenters. The van der Waals surface area contributed by atoms with Crippen molar-refractivity contribution < 1.29 is 151 Å². The molecule has 542 valence electrons. The van der Waals surface area contributed by atoms with E-state index in [9.17, 15) is 89.6 Å². The molecule has 32 heteroatoms. The van der Waals surface area contributed by atoms with Gasteiger partial charge in [-0.05, 0) is 141 Å². The third kappa shape index (κ3) is 14.8. The maximum absolute atomic E-state index is 12.5. The van der Waals surface area contributed by atoms with Crippen molar-refractivity contribution in [2.75, 3.05) is 13.2 Å². The van der Waals surface area contributed by atoms with Gasteiger partial charge in [-0.2, -0.15) is 8.42 Å². The first-order valence-electron chi connectivity index (χ1n) is 33.0. The van der Waals surface area contributed by atoms with E-state index in [1.165, 1.54) is 33.3 Å². The Morgan fingerprint density at radius 1 is 0.574 bits per heavy atom. The van der Waals surface area contributed by atoms with Crippen LogP contribution in [0.15, 0.2) is 23.3 Å². The minimum atomic E-state index is -4.88. The fraction of sp³-hybridized carbons (Fsp3) is 0.935. The Morgan fingerprint density at radius 3 is 1.72 bits per heavy atom. The third-order valence-corrected chi connectivity index (χ3v) is 22.9. The van der Waals surface area contributed by atoms with Crippen LogP contribution in [0.3, 0.4) is 0 Å². The van der Waals surface area contributed by atoms with Crippen molar-refractivity contribution in [2.45, 2.75) is 316 Å². The lowest BCUT2D eigenvalue weighted by atomic mass is 9.47. The zero-order valence-electron chi connectivity index (χ0n) is 54.3. The second-order valence-corrected chi connectivity index (χ2v) is 30.0. The van der Waals surface area contributed by atoms with Gasteiger partial charge in [-0.15, -0.1) is 0 Å². The summed E-state index contributed by atoms with van der Waals surface area (Å²) in [5, 5.41) is 168. The predicted octanol–water partition coefficient (Wildman–Crippen LogP) is -3.08. The summed E-state index contributed by atoms with van der Waals surface area (Å²) < 4.78 is 113. The number of hydrogen-bond acceptors (Lipinski definition) is 30. The van der Waals surface area contributed by atoms with Crippen molar-refractivity contribution in [3.05, 3.63) is 23.3 Å². The highest BCUT2D eigenvalue weighted by molar-refractivity contribution is 7.80. The van der Waals surface area contributed by atoms with Crippen LogP contribution < -0.4 is 0 Å². The second-order valence-electron chi connectivity index (χ2n) is 29.0. The molecule has 0 aromatic carbocycles. The average Bonchev–Trinajstić information content (AvgIpc) is 1.34. The number of ether oxygens (including phenoxy) is 12. The van der Waals surface area contributed by atoms with E-state index in [2.05, 4.69) is 26.0 Å². The number of hydrogen-bond donors (Lipinski definition) is 16. The Bertz CT molecular complexity index is 2710. The molecule has 16 N–H and O–H groups in total.